The number of nitrogens with zero attached hydrogens (tertiary/aromatic N) is 2. The van der Waals surface area contributed by atoms with Crippen LogP contribution < -0.4 is 10.6 Å². The molecular formula is C18H26N4O4. The zero-order valence-electron chi connectivity index (χ0n) is 15.9. The number of furan rings is 1. The van der Waals surface area contributed by atoms with E-state index in [-0.39, 0.29) is 0 Å². The van der Waals surface area contributed by atoms with Crippen LogP contribution in [0.5, 0.6) is 0 Å². The molecule has 0 aliphatic rings. The number of methoxy groups -OCH3 is 1. The molecule has 0 aliphatic heterocycles. The average Bonchev–Trinajstić information content (AvgIpc) is 3.23. The monoisotopic (exact) mass is 362 g/mol. The molecule has 8 nitrogen and oxygen atoms in total. The lowest BCUT2D eigenvalue weighted by atomic mass is 10.1. The number of nitrogens with one attached hydrogen (secondary N) is 2. The van der Waals surface area contributed by atoms with E-state index in [4.69, 9.17) is 13.7 Å². The molecule has 142 valence electrons. The third-order valence-corrected chi connectivity index (χ3v) is 4.07. The molecule has 2 aromatic rings. The minimum atomic E-state index is -0.411. The number of esters is 1. The van der Waals surface area contributed by atoms with Crippen LogP contribution in [-0.4, -0.2) is 31.2 Å². The van der Waals surface area contributed by atoms with E-state index in [2.05, 4.69) is 20.8 Å². The summed E-state index contributed by atoms with van der Waals surface area (Å²) in [6, 6.07) is 1.67. The largest absolute Gasteiger partial charge is 0.465 e. The van der Waals surface area contributed by atoms with Gasteiger partial charge in [0.15, 0.2) is 5.96 Å². The predicted molar refractivity (Wildman–Crippen MR) is 97.1 cm³/mol. The molecule has 2 rings (SSSR count). The summed E-state index contributed by atoms with van der Waals surface area (Å²) in [6.45, 7) is 6.77. The summed E-state index contributed by atoms with van der Waals surface area (Å²) in [5.41, 5.74) is 2.45. The number of aliphatic imine (C=N–C) groups is 1. The number of carbonyl (C=O) groups is 1. The van der Waals surface area contributed by atoms with Gasteiger partial charge in [-0.3, -0.25) is 4.99 Å². The Balaban J connectivity index is 1.97. The van der Waals surface area contributed by atoms with Crippen molar-refractivity contribution in [2.75, 3.05) is 14.2 Å². The molecular weight excluding hydrogens is 336 g/mol. The van der Waals surface area contributed by atoms with Crippen molar-refractivity contribution in [1.82, 2.24) is 15.8 Å². The molecule has 8 heteroatoms. The van der Waals surface area contributed by atoms with E-state index in [1.165, 1.54) is 7.11 Å². The second-order valence-corrected chi connectivity index (χ2v) is 5.69. The number of carbonyl (C=O) groups excluding carboxylic acids is 1. The Bertz CT molecular complexity index is 755. The van der Waals surface area contributed by atoms with Gasteiger partial charge in [0.1, 0.15) is 22.8 Å². The molecule has 0 fully saturated rings. The zero-order chi connectivity index (χ0) is 19.1. The maximum atomic E-state index is 11.6. The fourth-order valence-electron chi connectivity index (χ4n) is 2.64. The Kier molecular flexibility index (Phi) is 6.82. The van der Waals surface area contributed by atoms with Crippen molar-refractivity contribution in [3.8, 4) is 0 Å². The number of aromatic nitrogens is 1. The highest BCUT2D eigenvalue weighted by Crippen LogP contribution is 2.16. The topological polar surface area (TPSA) is 102 Å². The van der Waals surface area contributed by atoms with Crippen LogP contribution in [0.25, 0.3) is 0 Å². The number of hydrogen-bond donors (Lipinski definition) is 2. The molecule has 0 aliphatic carbocycles. The van der Waals surface area contributed by atoms with Crippen molar-refractivity contribution < 1.29 is 18.5 Å². The molecule has 0 bridgehead atoms. The van der Waals surface area contributed by atoms with Crippen LogP contribution in [-0.2, 0) is 30.7 Å². The Morgan fingerprint density at radius 1 is 1.27 bits per heavy atom. The molecule has 0 atom stereocenters. The summed E-state index contributed by atoms with van der Waals surface area (Å²) in [7, 11) is 3.04. The lowest BCUT2D eigenvalue weighted by Gasteiger charge is -2.11. The van der Waals surface area contributed by atoms with Gasteiger partial charge in [-0.1, -0.05) is 19.0 Å². The van der Waals surface area contributed by atoms with Crippen LogP contribution in [0.1, 0.15) is 52.7 Å². The molecule has 0 saturated heterocycles. The van der Waals surface area contributed by atoms with Crippen molar-refractivity contribution >= 4 is 11.9 Å². The highest BCUT2D eigenvalue weighted by molar-refractivity contribution is 5.90. The molecule has 0 aromatic carbocycles. The second kappa shape index (κ2) is 9.07. The van der Waals surface area contributed by atoms with E-state index in [1.54, 1.807) is 20.0 Å². The normalized spacial score (nSPS) is 11.5. The SMILES string of the molecule is CCc1noc(CC)c1CNC(=NC)NCc1cc(C(=O)OC)c(C)o1. The van der Waals surface area contributed by atoms with Crippen LogP contribution in [0.2, 0.25) is 0 Å². The van der Waals surface area contributed by atoms with E-state index >= 15 is 0 Å². The van der Waals surface area contributed by atoms with Gasteiger partial charge < -0.3 is 24.3 Å². The summed E-state index contributed by atoms with van der Waals surface area (Å²) >= 11 is 0. The third-order valence-electron chi connectivity index (χ3n) is 4.07. The van der Waals surface area contributed by atoms with E-state index in [0.29, 0.717) is 36.1 Å². The van der Waals surface area contributed by atoms with Gasteiger partial charge in [-0.2, -0.15) is 0 Å². The fraction of sp³-hybridized carbons (Fsp3) is 0.500. The first kappa shape index (κ1) is 19.6. The van der Waals surface area contributed by atoms with Crippen molar-refractivity contribution in [3.05, 3.63) is 40.2 Å². The maximum Gasteiger partial charge on any atom is 0.341 e. The highest BCUT2D eigenvalue weighted by atomic mass is 16.5. The highest BCUT2D eigenvalue weighted by Gasteiger charge is 2.16. The van der Waals surface area contributed by atoms with Gasteiger partial charge >= 0.3 is 5.97 Å². The number of rotatable bonds is 7. The Morgan fingerprint density at radius 3 is 2.62 bits per heavy atom. The Morgan fingerprint density at radius 2 is 2.00 bits per heavy atom. The van der Waals surface area contributed by atoms with Crippen molar-refractivity contribution in [1.29, 1.82) is 0 Å². The van der Waals surface area contributed by atoms with Gasteiger partial charge in [-0.05, 0) is 19.4 Å². The van der Waals surface area contributed by atoms with Crippen LogP contribution in [0.3, 0.4) is 0 Å². The summed E-state index contributed by atoms with van der Waals surface area (Å²) in [6.07, 6.45) is 1.60. The van der Waals surface area contributed by atoms with E-state index in [9.17, 15) is 4.79 Å². The third kappa shape index (κ3) is 4.44. The lowest BCUT2D eigenvalue weighted by Crippen LogP contribution is -2.36. The van der Waals surface area contributed by atoms with E-state index in [1.807, 2.05) is 13.8 Å². The van der Waals surface area contributed by atoms with Crippen molar-refractivity contribution in [2.45, 2.75) is 46.7 Å². The number of aryl methyl sites for hydroxylation is 3. The zero-order valence-corrected chi connectivity index (χ0v) is 15.9. The first-order valence-electron chi connectivity index (χ1n) is 8.62. The standard InChI is InChI=1S/C18H26N4O4/c1-6-15-14(16(7-2)26-22-15)10-21-18(19-4)20-9-12-8-13(11(3)25-12)17(23)24-5/h8H,6-7,9-10H2,1-5H3,(H2,19,20,21). The van der Waals surface area contributed by atoms with Crippen LogP contribution >= 0.6 is 0 Å². The Labute approximate surface area is 153 Å². The smallest absolute Gasteiger partial charge is 0.341 e. The lowest BCUT2D eigenvalue weighted by molar-refractivity contribution is 0.0599. The van der Waals surface area contributed by atoms with Crippen LogP contribution in [0.15, 0.2) is 20.0 Å². The predicted octanol–water partition coefficient (Wildman–Crippen LogP) is 2.35. The summed E-state index contributed by atoms with van der Waals surface area (Å²) in [5.74, 6) is 2.24. The number of guanidine groups is 1. The first-order valence-corrected chi connectivity index (χ1v) is 8.62. The summed E-state index contributed by atoms with van der Waals surface area (Å²) in [4.78, 5) is 15.8. The molecule has 2 aromatic heterocycles. The number of hydrogen-bond acceptors (Lipinski definition) is 6. The summed E-state index contributed by atoms with van der Waals surface area (Å²) < 4.78 is 15.7. The van der Waals surface area contributed by atoms with Crippen molar-refractivity contribution in [3.63, 3.8) is 0 Å². The Hall–Kier alpha value is -2.77. The minimum Gasteiger partial charge on any atom is -0.465 e. The van der Waals surface area contributed by atoms with Gasteiger partial charge in [-0.25, -0.2) is 4.79 Å². The molecule has 0 saturated carbocycles. The molecule has 0 spiro atoms. The molecule has 2 heterocycles. The fourth-order valence-corrected chi connectivity index (χ4v) is 2.64. The minimum absolute atomic E-state index is 0.391. The molecule has 0 radical (unpaired) electrons. The molecule has 0 amide bonds. The second-order valence-electron chi connectivity index (χ2n) is 5.69. The molecule has 26 heavy (non-hydrogen) atoms. The molecule has 2 N–H and O–H groups in total. The van der Waals surface area contributed by atoms with Gasteiger partial charge in [0.25, 0.3) is 0 Å². The van der Waals surface area contributed by atoms with Gasteiger partial charge in [0.2, 0.25) is 0 Å². The first-order chi connectivity index (χ1) is 12.5. The quantitative estimate of drug-likeness (QED) is 0.443. The van der Waals surface area contributed by atoms with E-state index < -0.39 is 5.97 Å². The molecule has 0 unspecified atom stereocenters. The number of ether oxygens (including phenoxy) is 1. The van der Waals surface area contributed by atoms with Gasteiger partial charge in [0.05, 0.1) is 19.3 Å². The van der Waals surface area contributed by atoms with Gasteiger partial charge in [0, 0.05) is 25.6 Å². The maximum absolute atomic E-state index is 11.6. The van der Waals surface area contributed by atoms with Crippen LogP contribution in [0, 0.1) is 6.92 Å². The summed E-state index contributed by atoms with van der Waals surface area (Å²) in [5, 5.41) is 10.5. The van der Waals surface area contributed by atoms with Gasteiger partial charge in [-0.15, -0.1) is 0 Å². The average molecular weight is 362 g/mol. The van der Waals surface area contributed by atoms with E-state index in [0.717, 1.165) is 29.9 Å². The van der Waals surface area contributed by atoms with Crippen LogP contribution in [0.4, 0.5) is 0 Å². The van der Waals surface area contributed by atoms with Crippen molar-refractivity contribution in [2.24, 2.45) is 4.99 Å².